The second-order valence-corrected chi connectivity index (χ2v) is 5.42. The zero-order chi connectivity index (χ0) is 9.97. The Balaban J connectivity index is 2.18. The van der Waals surface area contributed by atoms with E-state index in [4.69, 9.17) is 11.6 Å². The minimum Gasteiger partial charge on any atom is -0.218 e. The van der Waals surface area contributed by atoms with E-state index in [1.165, 1.54) is 10.5 Å². The van der Waals surface area contributed by atoms with Crippen molar-refractivity contribution in [2.45, 2.75) is 16.2 Å². The predicted molar refractivity (Wildman–Crippen MR) is 62.4 cm³/mol. The van der Waals surface area contributed by atoms with Crippen molar-refractivity contribution in [1.82, 2.24) is 4.98 Å². The van der Waals surface area contributed by atoms with E-state index in [1.54, 1.807) is 23.1 Å². The van der Waals surface area contributed by atoms with Crippen LogP contribution in [0.25, 0.3) is 0 Å². The van der Waals surface area contributed by atoms with Gasteiger partial charge in [-0.1, -0.05) is 41.1 Å². The van der Waals surface area contributed by atoms with Crippen LogP contribution in [-0.2, 0) is 0 Å². The summed E-state index contributed by atoms with van der Waals surface area (Å²) in [6.45, 7) is 2.08. The van der Waals surface area contributed by atoms with Crippen molar-refractivity contribution in [3.63, 3.8) is 0 Å². The van der Waals surface area contributed by atoms with Gasteiger partial charge in [0, 0.05) is 10.3 Å². The van der Waals surface area contributed by atoms with E-state index in [0.717, 1.165) is 4.34 Å². The highest BCUT2D eigenvalue weighted by molar-refractivity contribution is 8.01. The molecule has 1 aromatic carbocycles. The van der Waals surface area contributed by atoms with Gasteiger partial charge >= 0.3 is 0 Å². The first kappa shape index (κ1) is 10.0. The maximum atomic E-state index is 5.74. The van der Waals surface area contributed by atoms with Crippen molar-refractivity contribution in [3.05, 3.63) is 40.4 Å². The molecule has 1 aromatic heterocycles. The van der Waals surface area contributed by atoms with Crippen LogP contribution in [-0.4, -0.2) is 4.98 Å². The van der Waals surface area contributed by atoms with Gasteiger partial charge in [-0.25, -0.2) is 4.98 Å². The van der Waals surface area contributed by atoms with Crippen molar-refractivity contribution in [1.29, 1.82) is 0 Å². The summed E-state index contributed by atoms with van der Waals surface area (Å²) in [5.41, 5.74) is 1.26. The first-order chi connectivity index (χ1) is 6.74. The highest BCUT2D eigenvalue weighted by Crippen LogP contribution is 2.31. The van der Waals surface area contributed by atoms with Gasteiger partial charge in [-0.2, -0.15) is 0 Å². The van der Waals surface area contributed by atoms with Crippen molar-refractivity contribution < 1.29 is 0 Å². The molecule has 0 fully saturated rings. The molecule has 0 bridgehead atoms. The fourth-order valence-electron chi connectivity index (χ4n) is 1.07. The van der Waals surface area contributed by atoms with Gasteiger partial charge < -0.3 is 0 Å². The predicted octanol–water partition coefficient (Wildman–Crippen LogP) is 4.26. The molecule has 0 atom stereocenters. The normalized spacial score (nSPS) is 10.4. The van der Waals surface area contributed by atoms with Crippen molar-refractivity contribution >= 4 is 34.7 Å². The molecule has 0 aliphatic heterocycles. The lowest BCUT2D eigenvalue weighted by Crippen LogP contribution is -1.74. The summed E-state index contributed by atoms with van der Waals surface area (Å²) in [6.07, 6.45) is 0. The lowest BCUT2D eigenvalue weighted by molar-refractivity contribution is 1.24. The number of hydrogen-bond donors (Lipinski definition) is 0. The summed E-state index contributed by atoms with van der Waals surface area (Å²) >= 11 is 8.96. The van der Waals surface area contributed by atoms with Crippen LogP contribution in [0.15, 0.2) is 38.9 Å². The number of hydrogen-bond acceptors (Lipinski definition) is 3. The average Bonchev–Trinajstić information content (AvgIpc) is 2.51. The number of rotatable bonds is 2. The van der Waals surface area contributed by atoms with Gasteiger partial charge in [0.2, 0.25) is 0 Å². The van der Waals surface area contributed by atoms with Crippen LogP contribution in [0, 0.1) is 6.92 Å². The quantitative estimate of drug-likeness (QED) is 0.780. The van der Waals surface area contributed by atoms with E-state index in [0.29, 0.717) is 5.15 Å². The van der Waals surface area contributed by atoms with Crippen LogP contribution in [0.1, 0.15) is 5.56 Å². The Hall–Kier alpha value is -0.510. The molecule has 4 heteroatoms. The van der Waals surface area contributed by atoms with E-state index < -0.39 is 0 Å². The molecule has 0 saturated heterocycles. The van der Waals surface area contributed by atoms with Crippen LogP contribution in [0.5, 0.6) is 0 Å². The van der Waals surface area contributed by atoms with Crippen LogP contribution < -0.4 is 0 Å². The van der Waals surface area contributed by atoms with E-state index in [9.17, 15) is 0 Å². The highest BCUT2D eigenvalue weighted by Gasteiger charge is 2.02. The zero-order valence-corrected chi connectivity index (χ0v) is 9.92. The van der Waals surface area contributed by atoms with Gasteiger partial charge in [-0.15, -0.1) is 11.3 Å². The molecule has 72 valence electrons. The molecule has 0 aliphatic carbocycles. The van der Waals surface area contributed by atoms with E-state index in [2.05, 4.69) is 30.1 Å². The average molecular weight is 242 g/mol. The molecule has 0 unspecified atom stereocenters. The minimum atomic E-state index is 0.574. The van der Waals surface area contributed by atoms with Crippen molar-refractivity contribution in [2.24, 2.45) is 0 Å². The van der Waals surface area contributed by atoms with Gasteiger partial charge in [0.1, 0.15) is 5.15 Å². The fourth-order valence-corrected chi connectivity index (χ4v) is 3.15. The lowest BCUT2D eigenvalue weighted by atomic mass is 10.2. The second kappa shape index (κ2) is 4.34. The summed E-state index contributed by atoms with van der Waals surface area (Å²) in [4.78, 5) is 5.39. The number of benzene rings is 1. The van der Waals surface area contributed by atoms with Crippen molar-refractivity contribution in [2.75, 3.05) is 0 Å². The molecular weight excluding hydrogens is 234 g/mol. The summed E-state index contributed by atoms with van der Waals surface area (Å²) in [7, 11) is 0. The van der Waals surface area contributed by atoms with E-state index in [1.807, 2.05) is 11.4 Å². The van der Waals surface area contributed by atoms with Gasteiger partial charge in [0.15, 0.2) is 4.34 Å². The summed E-state index contributed by atoms with van der Waals surface area (Å²) in [5.74, 6) is 0. The number of halogens is 1. The molecule has 1 heterocycles. The molecule has 0 spiro atoms. The van der Waals surface area contributed by atoms with E-state index >= 15 is 0 Å². The summed E-state index contributed by atoms with van der Waals surface area (Å²) in [5, 5.41) is 2.42. The Bertz CT molecular complexity index is 439. The molecule has 0 aliphatic rings. The van der Waals surface area contributed by atoms with Crippen LogP contribution >= 0.6 is 34.7 Å². The summed E-state index contributed by atoms with van der Waals surface area (Å²) in [6, 6.07) is 8.35. The number of nitrogens with zero attached hydrogens (tertiary/aromatic N) is 1. The summed E-state index contributed by atoms with van der Waals surface area (Å²) < 4.78 is 0.987. The SMILES string of the molecule is Cc1cccc(Sc2nc(Cl)cs2)c1. The molecular formula is C10H8ClNS2. The van der Waals surface area contributed by atoms with Crippen molar-refractivity contribution in [3.8, 4) is 0 Å². The topological polar surface area (TPSA) is 12.9 Å². The molecule has 0 radical (unpaired) electrons. The monoisotopic (exact) mass is 241 g/mol. The third-order valence-corrected chi connectivity index (χ3v) is 3.90. The van der Waals surface area contributed by atoms with E-state index in [-0.39, 0.29) is 0 Å². The fraction of sp³-hybridized carbons (Fsp3) is 0.100. The smallest absolute Gasteiger partial charge is 0.156 e. The Morgan fingerprint density at radius 1 is 1.43 bits per heavy atom. The van der Waals surface area contributed by atoms with Crippen LogP contribution in [0.3, 0.4) is 0 Å². The third kappa shape index (κ3) is 2.50. The van der Waals surface area contributed by atoms with Crippen LogP contribution in [0.4, 0.5) is 0 Å². The van der Waals surface area contributed by atoms with Gasteiger partial charge in [-0.05, 0) is 19.1 Å². The maximum absolute atomic E-state index is 5.74. The molecule has 0 amide bonds. The van der Waals surface area contributed by atoms with Gasteiger partial charge in [-0.3, -0.25) is 0 Å². The number of aromatic nitrogens is 1. The van der Waals surface area contributed by atoms with Crippen LogP contribution in [0.2, 0.25) is 5.15 Å². The Kier molecular flexibility index (Phi) is 3.11. The Morgan fingerprint density at radius 2 is 2.29 bits per heavy atom. The van der Waals surface area contributed by atoms with Gasteiger partial charge in [0.25, 0.3) is 0 Å². The molecule has 1 nitrogen and oxygen atoms in total. The van der Waals surface area contributed by atoms with Gasteiger partial charge in [0.05, 0.1) is 0 Å². The first-order valence-electron chi connectivity index (χ1n) is 4.09. The highest BCUT2D eigenvalue weighted by atomic mass is 35.5. The number of aryl methyl sites for hydroxylation is 1. The maximum Gasteiger partial charge on any atom is 0.156 e. The molecule has 0 N–H and O–H groups in total. The first-order valence-corrected chi connectivity index (χ1v) is 6.17. The largest absolute Gasteiger partial charge is 0.218 e. The standard InChI is InChI=1S/C10H8ClNS2/c1-7-3-2-4-8(5-7)14-10-12-9(11)6-13-10/h2-6H,1H3. The molecule has 14 heavy (non-hydrogen) atoms. The molecule has 0 saturated carbocycles. The Labute approximate surface area is 96.1 Å². The molecule has 2 aromatic rings. The Morgan fingerprint density at radius 3 is 2.93 bits per heavy atom. The third-order valence-electron chi connectivity index (χ3n) is 1.65. The minimum absolute atomic E-state index is 0.574. The lowest BCUT2D eigenvalue weighted by Gasteiger charge is -1.98. The molecule has 2 rings (SSSR count). The zero-order valence-electron chi connectivity index (χ0n) is 7.53. The second-order valence-electron chi connectivity index (χ2n) is 2.85. The number of thiazole rings is 1.